The molecule has 1 atom stereocenters. The van der Waals surface area contributed by atoms with E-state index in [0.717, 1.165) is 10.5 Å². The molecule has 0 fully saturated rings. The van der Waals surface area contributed by atoms with E-state index in [2.05, 4.69) is 5.32 Å². The number of halogens is 1. The van der Waals surface area contributed by atoms with Gasteiger partial charge in [0.15, 0.2) is 6.54 Å². The number of rotatable bonds is 6. The van der Waals surface area contributed by atoms with Gasteiger partial charge in [0, 0.05) is 16.7 Å². The van der Waals surface area contributed by atoms with Crippen molar-refractivity contribution in [3.63, 3.8) is 0 Å². The molecule has 2 aromatic carbocycles. The summed E-state index contributed by atoms with van der Waals surface area (Å²) < 4.78 is 0. The number of anilines is 1. The zero-order valence-electron chi connectivity index (χ0n) is 13.5. The quantitative estimate of drug-likeness (QED) is 0.620. The third kappa shape index (κ3) is 5.04. The number of nitrogens with zero attached hydrogens (tertiary/aromatic N) is 1. The topological polar surface area (TPSA) is 76.7 Å². The fraction of sp³-hybridized carbons (Fsp3) is 0.235. The van der Waals surface area contributed by atoms with Crippen molar-refractivity contribution in [1.82, 2.24) is 0 Å². The van der Waals surface area contributed by atoms with Gasteiger partial charge in [0.2, 0.25) is 0 Å². The zero-order valence-corrected chi connectivity index (χ0v) is 14.3. The summed E-state index contributed by atoms with van der Waals surface area (Å²) in [4.78, 5) is 23.6. The van der Waals surface area contributed by atoms with Crippen molar-refractivity contribution in [3.8, 4) is 0 Å². The van der Waals surface area contributed by atoms with Gasteiger partial charge in [-0.15, -0.1) is 0 Å². The maximum atomic E-state index is 12.1. The molecule has 0 radical (unpaired) electrons. The van der Waals surface area contributed by atoms with Crippen LogP contribution in [0.2, 0.25) is 5.02 Å². The molecule has 6 nitrogen and oxygen atoms in total. The number of nitro groups is 1. The molecule has 0 aliphatic rings. The van der Waals surface area contributed by atoms with Gasteiger partial charge in [-0.2, -0.15) is 0 Å². The number of nitro benzene ring substituents is 1. The minimum Gasteiger partial charge on any atom is -0.326 e. The minimum atomic E-state index is -0.565. The van der Waals surface area contributed by atoms with Crippen LogP contribution in [0.3, 0.4) is 0 Å². The summed E-state index contributed by atoms with van der Waals surface area (Å²) in [5.74, 6) is -0.287. The second-order valence-corrected chi connectivity index (χ2v) is 6.20. The van der Waals surface area contributed by atoms with Crippen molar-refractivity contribution in [3.05, 3.63) is 68.7 Å². The molecule has 0 heterocycles. The lowest BCUT2D eigenvalue weighted by atomic mass is 10.1. The van der Waals surface area contributed by atoms with Crippen LogP contribution in [0.15, 0.2) is 42.5 Å². The number of amides is 1. The summed E-state index contributed by atoms with van der Waals surface area (Å²) >= 11 is 5.76. The third-order valence-corrected chi connectivity index (χ3v) is 3.75. The normalized spacial score (nSPS) is 11.8. The molecule has 0 aromatic heterocycles. The Morgan fingerprint density at radius 2 is 1.92 bits per heavy atom. The van der Waals surface area contributed by atoms with Crippen LogP contribution in [0.1, 0.15) is 11.1 Å². The van der Waals surface area contributed by atoms with E-state index >= 15 is 0 Å². The first-order chi connectivity index (χ1) is 11.3. The van der Waals surface area contributed by atoms with E-state index in [1.165, 1.54) is 23.8 Å². The van der Waals surface area contributed by atoms with E-state index in [0.29, 0.717) is 6.54 Å². The van der Waals surface area contributed by atoms with E-state index in [9.17, 15) is 14.9 Å². The fourth-order valence-corrected chi connectivity index (χ4v) is 2.51. The highest BCUT2D eigenvalue weighted by atomic mass is 35.5. The van der Waals surface area contributed by atoms with Crippen molar-refractivity contribution >= 4 is 28.9 Å². The molecule has 2 N–H and O–H groups in total. The molecule has 1 amide bonds. The molecule has 2 rings (SSSR count). The summed E-state index contributed by atoms with van der Waals surface area (Å²) in [6.07, 6.45) is 0. The summed E-state index contributed by atoms with van der Waals surface area (Å²) in [5.41, 5.74) is 2.25. The molecule has 0 saturated carbocycles. The lowest BCUT2D eigenvalue weighted by Crippen LogP contribution is -3.08. The van der Waals surface area contributed by atoms with Crippen LogP contribution in [-0.2, 0) is 11.3 Å². The molecular formula is C17H19ClN3O3+. The second kappa shape index (κ2) is 7.90. The summed E-state index contributed by atoms with van der Waals surface area (Å²) in [5, 5.41) is 13.9. The molecule has 0 aliphatic heterocycles. The van der Waals surface area contributed by atoms with Gasteiger partial charge in [-0.05, 0) is 19.1 Å². The van der Waals surface area contributed by atoms with Gasteiger partial charge in [-0.3, -0.25) is 14.9 Å². The van der Waals surface area contributed by atoms with E-state index in [4.69, 9.17) is 11.6 Å². The zero-order chi connectivity index (χ0) is 17.7. The molecule has 0 spiro atoms. The SMILES string of the molecule is Cc1ccc(C[NH+](C)CC(=O)Nc2ccc(Cl)cc2[N+](=O)[O-])cc1. The first kappa shape index (κ1) is 17.9. The van der Waals surface area contributed by atoms with E-state index in [1.807, 2.05) is 38.2 Å². The largest absolute Gasteiger partial charge is 0.326 e. The van der Waals surface area contributed by atoms with Crippen LogP contribution in [0.25, 0.3) is 0 Å². The van der Waals surface area contributed by atoms with Crippen molar-refractivity contribution in [2.75, 3.05) is 18.9 Å². The van der Waals surface area contributed by atoms with Crippen LogP contribution in [0, 0.1) is 17.0 Å². The van der Waals surface area contributed by atoms with Crippen LogP contribution >= 0.6 is 11.6 Å². The highest BCUT2D eigenvalue weighted by molar-refractivity contribution is 6.31. The number of likely N-dealkylation sites (N-methyl/N-ethyl adjacent to an activating group) is 1. The Bertz CT molecular complexity index is 747. The predicted octanol–water partition coefficient (Wildman–Crippen LogP) is 2.21. The maximum absolute atomic E-state index is 12.1. The molecular weight excluding hydrogens is 330 g/mol. The van der Waals surface area contributed by atoms with Crippen molar-refractivity contribution < 1.29 is 14.6 Å². The monoisotopic (exact) mass is 348 g/mol. The van der Waals surface area contributed by atoms with Crippen LogP contribution in [0.5, 0.6) is 0 Å². The third-order valence-electron chi connectivity index (χ3n) is 3.52. The van der Waals surface area contributed by atoms with Crippen LogP contribution < -0.4 is 10.2 Å². The number of nitrogens with one attached hydrogen (secondary N) is 2. The number of hydrogen-bond acceptors (Lipinski definition) is 3. The summed E-state index contributed by atoms with van der Waals surface area (Å²) in [6, 6.07) is 12.3. The Hall–Kier alpha value is -2.44. The maximum Gasteiger partial charge on any atom is 0.294 e. The Kier molecular flexibility index (Phi) is 5.89. The molecule has 7 heteroatoms. The van der Waals surface area contributed by atoms with Crippen molar-refractivity contribution in [2.24, 2.45) is 0 Å². The van der Waals surface area contributed by atoms with Gasteiger partial charge < -0.3 is 10.2 Å². The Morgan fingerprint density at radius 1 is 1.25 bits per heavy atom. The smallest absolute Gasteiger partial charge is 0.294 e. The highest BCUT2D eigenvalue weighted by Crippen LogP contribution is 2.27. The molecule has 2 aromatic rings. The number of hydrogen-bond donors (Lipinski definition) is 2. The number of aryl methyl sites for hydroxylation is 1. The number of quaternary nitrogens is 1. The molecule has 126 valence electrons. The summed E-state index contributed by atoms with van der Waals surface area (Å²) in [7, 11) is 1.90. The Balaban J connectivity index is 1.98. The Morgan fingerprint density at radius 3 is 2.54 bits per heavy atom. The van der Waals surface area contributed by atoms with E-state index < -0.39 is 4.92 Å². The van der Waals surface area contributed by atoms with Crippen molar-refractivity contribution in [2.45, 2.75) is 13.5 Å². The molecule has 0 aliphatic carbocycles. The van der Waals surface area contributed by atoms with E-state index in [1.54, 1.807) is 0 Å². The highest BCUT2D eigenvalue weighted by Gasteiger charge is 2.18. The average molecular weight is 349 g/mol. The van der Waals surface area contributed by atoms with Crippen LogP contribution in [0.4, 0.5) is 11.4 Å². The van der Waals surface area contributed by atoms with Gasteiger partial charge in [-0.25, -0.2) is 0 Å². The molecule has 1 unspecified atom stereocenters. The van der Waals surface area contributed by atoms with Gasteiger partial charge in [0.25, 0.3) is 11.6 Å². The fourth-order valence-electron chi connectivity index (χ4n) is 2.35. The molecule has 0 bridgehead atoms. The van der Waals surface area contributed by atoms with Crippen molar-refractivity contribution in [1.29, 1.82) is 0 Å². The number of benzene rings is 2. The first-order valence-corrected chi connectivity index (χ1v) is 7.83. The second-order valence-electron chi connectivity index (χ2n) is 5.76. The lowest BCUT2D eigenvalue weighted by molar-refractivity contribution is -0.885. The molecule has 24 heavy (non-hydrogen) atoms. The Labute approximate surface area is 145 Å². The van der Waals surface area contributed by atoms with Gasteiger partial charge >= 0.3 is 0 Å². The van der Waals surface area contributed by atoms with Gasteiger partial charge in [0.1, 0.15) is 12.2 Å². The number of carbonyl (C=O) groups is 1. The van der Waals surface area contributed by atoms with E-state index in [-0.39, 0.29) is 28.8 Å². The van der Waals surface area contributed by atoms with Gasteiger partial charge in [-0.1, -0.05) is 41.4 Å². The minimum absolute atomic E-state index is 0.150. The molecule has 0 saturated heterocycles. The standard InChI is InChI=1S/C17H18ClN3O3/c1-12-3-5-13(6-4-12)10-20(2)11-17(22)19-15-8-7-14(18)9-16(15)21(23)24/h3-9H,10-11H2,1-2H3,(H,19,22)/p+1. The predicted molar refractivity (Wildman–Crippen MR) is 93.4 cm³/mol. The summed E-state index contributed by atoms with van der Waals surface area (Å²) in [6.45, 7) is 2.91. The average Bonchev–Trinajstić information content (AvgIpc) is 2.51. The first-order valence-electron chi connectivity index (χ1n) is 7.46. The van der Waals surface area contributed by atoms with Gasteiger partial charge in [0.05, 0.1) is 12.0 Å². The van der Waals surface area contributed by atoms with Crippen LogP contribution in [-0.4, -0.2) is 24.4 Å². The number of carbonyl (C=O) groups excluding carboxylic acids is 1. The lowest BCUT2D eigenvalue weighted by Gasteiger charge is -2.14.